The molecule has 2 aliphatic carbocycles. The van der Waals surface area contributed by atoms with Crippen molar-refractivity contribution in [1.29, 1.82) is 0 Å². The molecule has 1 aliphatic heterocycles. The molecular weight excluding hydrogens is 474 g/mol. The number of aliphatic carboxylic acids is 1. The van der Waals surface area contributed by atoms with E-state index in [1.165, 1.54) is 4.68 Å². The minimum atomic E-state index is -0.814. The number of carboxylic acid groups (broad SMARTS) is 1. The molecule has 0 saturated heterocycles. The summed E-state index contributed by atoms with van der Waals surface area (Å²) in [7, 11) is 1.58. The van der Waals surface area contributed by atoms with Crippen molar-refractivity contribution in [3.63, 3.8) is 0 Å². The van der Waals surface area contributed by atoms with Crippen LogP contribution in [0.1, 0.15) is 64.7 Å². The van der Waals surface area contributed by atoms with E-state index in [0.29, 0.717) is 47.8 Å². The lowest BCUT2D eigenvalue weighted by atomic mass is 9.88. The summed E-state index contributed by atoms with van der Waals surface area (Å²) in [6.45, 7) is 2.37. The minimum Gasteiger partial charge on any atom is -0.497 e. The Hall–Kier alpha value is -4.14. The van der Waals surface area contributed by atoms with E-state index in [1.54, 1.807) is 43.2 Å². The summed E-state index contributed by atoms with van der Waals surface area (Å²) in [6, 6.07) is 14.4. The van der Waals surface area contributed by atoms with Gasteiger partial charge in [-0.05, 0) is 74.6 Å². The third-order valence-electron chi connectivity index (χ3n) is 7.85. The molecule has 2 fully saturated rings. The Morgan fingerprint density at radius 3 is 2.19 bits per heavy atom. The highest BCUT2D eigenvalue weighted by molar-refractivity contribution is 6.10. The van der Waals surface area contributed by atoms with Gasteiger partial charge in [0.1, 0.15) is 11.4 Å². The molecule has 1 spiro atoms. The number of amides is 1. The first-order valence-corrected chi connectivity index (χ1v) is 12.4. The molecule has 1 N–H and O–H groups in total. The molecular formula is C28H27N3O6. The van der Waals surface area contributed by atoms with Crippen LogP contribution in [0.15, 0.2) is 48.5 Å². The average Bonchev–Trinajstić information content (AvgIpc) is 3.84. The van der Waals surface area contributed by atoms with Crippen LogP contribution in [0, 0.1) is 0 Å². The Kier molecular flexibility index (Phi) is 5.15. The number of aromatic nitrogens is 2. The molecule has 6 rings (SSSR count). The second kappa shape index (κ2) is 8.19. The van der Waals surface area contributed by atoms with Gasteiger partial charge in [0.25, 0.3) is 5.91 Å². The van der Waals surface area contributed by atoms with Gasteiger partial charge in [0.2, 0.25) is 0 Å². The summed E-state index contributed by atoms with van der Waals surface area (Å²) in [5, 5.41) is 14.3. The molecule has 2 saturated carbocycles. The molecule has 190 valence electrons. The molecule has 3 aliphatic rings. The van der Waals surface area contributed by atoms with E-state index in [2.05, 4.69) is 5.10 Å². The summed E-state index contributed by atoms with van der Waals surface area (Å²) in [6.07, 6.45) is 2.89. The van der Waals surface area contributed by atoms with Gasteiger partial charge in [-0.25, -0.2) is 9.48 Å². The second-order valence-electron chi connectivity index (χ2n) is 10.0. The van der Waals surface area contributed by atoms with Crippen molar-refractivity contribution in [2.75, 3.05) is 25.2 Å². The van der Waals surface area contributed by atoms with Crippen LogP contribution in [-0.4, -0.2) is 53.0 Å². The normalized spacial score (nSPS) is 18.3. The Morgan fingerprint density at radius 1 is 1.00 bits per heavy atom. The number of carbonyl (C=O) groups is 3. The highest BCUT2D eigenvalue weighted by Gasteiger charge is 2.56. The molecule has 0 radical (unpaired) electrons. The molecule has 1 amide bonds. The van der Waals surface area contributed by atoms with Crippen LogP contribution in [-0.2, 0) is 20.4 Å². The number of carboxylic acids is 1. The number of ether oxygens (including phenoxy) is 2. The molecule has 1 aromatic heterocycles. The van der Waals surface area contributed by atoms with Crippen LogP contribution in [0.25, 0.3) is 5.69 Å². The molecule has 37 heavy (non-hydrogen) atoms. The minimum absolute atomic E-state index is 0.186. The maximum absolute atomic E-state index is 14.0. The van der Waals surface area contributed by atoms with Crippen LogP contribution in [0.5, 0.6) is 5.75 Å². The van der Waals surface area contributed by atoms with E-state index in [1.807, 2.05) is 24.3 Å². The Morgan fingerprint density at radius 2 is 1.65 bits per heavy atom. The molecule has 0 unspecified atom stereocenters. The van der Waals surface area contributed by atoms with Crippen LogP contribution in [0.2, 0.25) is 0 Å². The number of rotatable bonds is 7. The number of benzene rings is 2. The van der Waals surface area contributed by atoms with Crippen molar-refractivity contribution in [2.45, 2.75) is 43.4 Å². The summed E-state index contributed by atoms with van der Waals surface area (Å²) in [5.41, 5.74) is 2.07. The fourth-order valence-electron chi connectivity index (χ4n) is 5.43. The van der Waals surface area contributed by atoms with Crippen LogP contribution in [0.4, 0.5) is 5.69 Å². The monoisotopic (exact) mass is 501 g/mol. The van der Waals surface area contributed by atoms with Gasteiger partial charge in [0.05, 0.1) is 24.8 Å². The van der Waals surface area contributed by atoms with Crippen molar-refractivity contribution < 1.29 is 29.0 Å². The zero-order valence-corrected chi connectivity index (χ0v) is 20.7. The maximum Gasteiger partial charge on any atom is 0.359 e. The lowest BCUT2D eigenvalue weighted by Gasteiger charge is -2.33. The standard InChI is InChI=1S/C28H27N3O6/c1-3-37-25(33)22-21-23(31(29-22)19-8-10-20(36-2)11-9-19)24(32)30(16-27(21)12-13-27)18-6-4-17(5-7-18)28(14-15-28)26(34)35/h4-11H,3,12-16H2,1-2H3,(H,34,35). The predicted molar refractivity (Wildman–Crippen MR) is 134 cm³/mol. The summed E-state index contributed by atoms with van der Waals surface area (Å²) < 4.78 is 12.1. The molecule has 9 heteroatoms. The van der Waals surface area contributed by atoms with E-state index in [9.17, 15) is 19.5 Å². The predicted octanol–water partition coefficient (Wildman–Crippen LogP) is 3.87. The number of esters is 1. The van der Waals surface area contributed by atoms with Gasteiger partial charge < -0.3 is 19.5 Å². The second-order valence-corrected chi connectivity index (χ2v) is 10.0. The van der Waals surface area contributed by atoms with Gasteiger partial charge in [-0.1, -0.05) is 12.1 Å². The zero-order valence-electron chi connectivity index (χ0n) is 20.7. The summed E-state index contributed by atoms with van der Waals surface area (Å²) in [5.74, 6) is -0.951. The van der Waals surface area contributed by atoms with E-state index < -0.39 is 17.4 Å². The third kappa shape index (κ3) is 3.52. The first-order valence-electron chi connectivity index (χ1n) is 12.4. The van der Waals surface area contributed by atoms with E-state index in [0.717, 1.165) is 18.4 Å². The highest BCUT2D eigenvalue weighted by atomic mass is 16.5. The van der Waals surface area contributed by atoms with Gasteiger partial charge in [-0.15, -0.1) is 0 Å². The number of methoxy groups -OCH3 is 1. The molecule has 2 heterocycles. The van der Waals surface area contributed by atoms with Gasteiger partial charge in [-0.2, -0.15) is 5.10 Å². The smallest absolute Gasteiger partial charge is 0.359 e. The number of carbonyl (C=O) groups excluding carboxylic acids is 2. The van der Waals surface area contributed by atoms with Crippen LogP contribution in [0.3, 0.4) is 0 Å². The highest BCUT2D eigenvalue weighted by Crippen LogP contribution is 2.55. The summed E-state index contributed by atoms with van der Waals surface area (Å²) in [4.78, 5) is 40.4. The van der Waals surface area contributed by atoms with Crippen molar-refractivity contribution >= 4 is 23.5 Å². The number of hydrogen-bond donors (Lipinski definition) is 1. The Labute approximate surface area is 213 Å². The molecule has 3 aromatic rings. The number of fused-ring (bicyclic) bond motifs is 2. The average molecular weight is 502 g/mol. The van der Waals surface area contributed by atoms with Crippen molar-refractivity contribution in [2.24, 2.45) is 0 Å². The van der Waals surface area contributed by atoms with E-state index in [4.69, 9.17) is 9.47 Å². The number of anilines is 1. The van der Waals surface area contributed by atoms with Crippen molar-refractivity contribution in [3.8, 4) is 11.4 Å². The van der Waals surface area contributed by atoms with Crippen LogP contribution >= 0.6 is 0 Å². The maximum atomic E-state index is 14.0. The fraction of sp³-hybridized carbons (Fsp3) is 0.357. The first kappa shape index (κ1) is 23.3. The third-order valence-corrected chi connectivity index (χ3v) is 7.85. The van der Waals surface area contributed by atoms with E-state index in [-0.39, 0.29) is 23.6 Å². The van der Waals surface area contributed by atoms with Crippen molar-refractivity contribution in [3.05, 3.63) is 71.0 Å². The molecule has 0 atom stereocenters. The van der Waals surface area contributed by atoms with Crippen molar-refractivity contribution in [1.82, 2.24) is 9.78 Å². The van der Waals surface area contributed by atoms with Crippen LogP contribution < -0.4 is 9.64 Å². The fourth-order valence-corrected chi connectivity index (χ4v) is 5.43. The largest absolute Gasteiger partial charge is 0.497 e. The SMILES string of the molecule is CCOC(=O)c1nn(-c2ccc(OC)cc2)c2c1C1(CC1)CN(c1ccc(C3(C(=O)O)CC3)cc1)C2=O. The Bertz CT molecular complexity index is 1420. The topological polar surface area (TPSA) is 111 Å². The zero-order chi connectivity index (χ0) is 25.9. The number of hydrogen-bond acceptors (Lipinski definition) is 6. The van der Waals surface area contributed by atoms with E-state index >= 15 is 0 Å². The lowest BCUT2D eigenvalue weighted by molar-refractivity contribution is -0.140. The molecule has 0 bridgehead atoms. The quantitative estimate of drug-likeness (QED) is 0.489. The van der Waals surface area contributed by atoms with Gasteiger partial charge in [-0.3, -0.25) is 9.59 Å². The lowest BCUT2D eigenvalue weighted by Crippen LogP contribution is -2.44. The molecule has 9 nitrogen and oxygen atoms in total. The molecule has 2 aromatic carbocycles. The first-order chi connectivity index (χ1) is 17.8. The summed E-state index contributed by atoms with van der Waals surface area (Å²) >= 11 is 0. The van der Waals surface area contributed by atoms with Gasteiger partial charge in [0, 0.05) is 23.2 Å². The van der Waals surface area contributed by atoms with Gasteiger partial charge in [0.15, 0.2) is 5.69 Å². The van der Waals surface area contributed by atoms with Gasteiger partial charge >= 0.3 is 11.9 Å². The number of nitrogens with zero attached hydrogens (tertiary/aromatic N) is 3. The Balaban J connectivity index is 1.45.